The standard InChI is InChI=1S/C19H24N6O2S2/c1-5-17-22-23-18(29-17)20-16(26)11-28-19-24-21-15(25(19)4)10-27-14-9-7-6-8-13(14)12(2)3/h6-9,12H,5,10-11H2,1-4H3,(H,20,23,26). The molecule has 2 aromatic heterocycles. The van der Waals surface area contributed by atoms with Crippen LogP contribution in [0.25, 0.3) is 0 Å². The van der Waals surface area contributed by atoms with Crippen LogP contribution in [0.3, 0.4) is 0 Å². The van der Waals surface area contributed by atoms with Gasteiger partial charge >= 0.3 is 0 Å². The Morgan fingerprint density at radius 3 is 2.76 bits per heavy atom. The fourth-order valence-electron chi connectivity index (χ4n) is 2.56. The number of hydrogen-bond donors (Lipinski definition) is 1. The van der Waals surface area contributed by atoms with Gasteiger partial charge < -0.3 is 9.30 Å². The van der Waals surface area contributed by atoms with Crippen molar-refractivity contribution in [1.82, 2.24) is 25.0 Å². The summed E-state index contributed by atoms with van der Waals surface area (Å²) in [7, 11) is 1.87. The number of anilines is 1. The summed E-state index contributed by atoms with van der Waals surface area (Å²) in [5, 5.41) is 21.1. The lowest BCUT2D eigenvalue weighted by Gasteiger charge is -2.13. The van der Waals surface area contributed by atoms with Gasteiger partial charge in [-0.1, -0.05) is 62.1 Å². The lowest BCUT2D eigenvalue weighted by Crippen LogP contribution is -2.14. The Labute approximate surface area is 178 Å². The monoisotopic (exact) mass is 432 g/mol. The molecule has 1 N–H and O–H groups in total. The molecule has 1 amide bonds. The van der Waals surface area contributed by atoms with E-state index in [1.54, 1.807) is 0 Å². The minimum absolute atomic E-state index is 0.152. The number of amides is 1. The van der Waals surface area contributed by atoms with Crippen LogP contribution in [0.15, 0.2) is 29.4 Å². The lowest BCUT2D eigenvalue weighted by atomic mass is 10.0. The van der Waals surface area contributed by atoms with Gasteiger partial charge in [-0.25, -0.2) is 0 Å². The van der Waals surface area contributed by atoms with Crippen LogP contribution >= 0.6 is 23.1 Å². The first-order valence-electron chi connectivity index (χ1n) is 9.33. The Kier molecular flexibility index (Phi) is 7.21. The molecule has 0 aliphatic heterocycles. The molecule has 2 heterocycles. The minimum Gasteiger partial charge on any atom is -0.485 e. The van der Waals surface area contributed by atoms with Gasteiger partial charge in [0, 0.05) is 7.05 Å². The van der Waals surface area contributed by atoms with Crippen LogP contribution in [0.1, 0.15) is 43.1 Å². The van der Waals surface area contributed by atoms with E-state index in [1.165, 1.54) is 23.1 Å². The normalized spacial score (nSPS) is 11.1. The smallest absolute Gasteiger partial charge is 0.236 e. The third kappa shape index (κ3) is 5.54. The molecule has 0 bridgehead atoms. The Hall–Kier alpha value is -2.46. The molecule has 1 aromatic carbocycles. The maximum absolute atomic E-state index is 12.1. The molecule has 3 aromatic rings. The molecule has 3 rings (SSSR count). The third-order valence-electron chi connectivity index (χ3n) is 4.17. The molecule has 0 aliphatic rings. The number of benzene rings is 1. The van der Waals surface area contributed by atoms with Gasteiger partial charge in [-0.3, -0.25) is 10.1 Å². The summed E-state index contributed by atoms with van der Waals surface area (Å²) in [5.41, 5.74) is 1.16. The van der Waals surface area contributed by atoms with Crippen molar-refractivity contribution in [2.75, 3.05) is 11.1 Å². The maximum atomic E-state index is 12.1. The minimum atomic E-state index is -0.152. The van der Waals surface area contributed by atoms with E-state index in [9.17, 15) is 4.79 Å². The van der Waals surface area contributed by atoms with Crippen molar-refractivity contribution in [1.29, 1.82) is 0 Å². The Bertz CT molecular complexity index is 969. The van der Waals surface area contributed by atoms with Crippen LogP contribution < -0.4 is 10.1 Å². The van der Waals surface area contributed by atoms with Crippen LogP contribution in [0.5, 0.6) is 5.75 Å². The summed E-state index contributed by atoms with van der Waals surface area (Å²) in [6.45, 7) is 6.58. The molecule has 154 valence electrons. The van der Waals surface area contributed by atoms with E-state index in [1.807, 2.05) is 36.7 Å². The van der Waals surface area contributed by atoms with E-state index >= 15 is 0 Å². The van der Waals surface area contributed by atoms with Gasteiger partial charge in [0.15, 0.2) is 11.0 Å². The van der Waals surface area contributed by atoms with E-state index in [-0.39, 0.29) is 11.7 Å². The van der Waals surface area contributed by atoms with Crippen molar-refractivity contribution >= 4 is 34.1 Å². The van der Waals surface area contributed by atoms with Crippen LogP contribution in [0.4, 0.5) is 5.13 Å². The Balaban J connectivity index is 1.54. The molecule has 0 aliphatic carbocycles. The molecular formula is C19H24N6O2S2. The largest absolute Gasteiger partial charge is 0.485 e. The van der Waals surface area contributed by atoms with Crippen LogP contribution in [0.2, 0.25) is 0 Å². The van der Waals surface area contributed by atoms with E-state index in [2.05, 4.69) is 45.6 Å². The number of hydrogen-bond acceptors (Lipinski definition) is 8. The summed E-state index contributed by atoms with van der Waals surface area (Å²) in [5.74, 6) is 1.98. The Morgan fingerprint density at radius 1 is 1.24 bits per heavy atom. The number of aromatic nitrogens is 5. The van der Waals surface area contributed by atoms with Crippen molar-refractivity contribution < 1.29 is 9.53 Å². The molecule has 10 heteroatoms. The number of thioether (sulfide) groups is 1. The van der Waals surface area contributed by atoms with Crippen molar-refractivity contribution in [2.45, 2.75) is 44.9 Å². The summed E-state index contributed by atoms with van der Waals surface area (Å²) < 4.78 is 7.81. The topological polar surface area (TPSA) is 94.8 Å². The predicted octanol–water partition coefficient (Wildman–Crippen LogP) is 3.66. The molecule has 0 radical (unpaired) electrons. The zero-order valence-electron chi connectivity index (χ0n) is 16.9. The van der Waals surface area contributed by atoms with Gasteiger partial charge in [-0.05, 0) is 24.0 Å². The Morgan fingerprint density at radius 2 is 2.03 bits per heavy atom. The second kappa shape index (κ2) is 9.84. The van der Waals surface area contributed by atoms with Gasteiger partial charge in [-0.15, -0.1) is 20.4 Å². The highest BCUT2D eigenvalue weighted by Crippen LogP contribution is 2.26. The van der Waals surface area contributed by atoms with Gasteiger partial charge in [0.1, 0.15) is 17.4 Å². The second-order valence-electron chi connectivity index (χ2n) is 6.63. The zero-order valence-corrected chi connectivity index (χ0v) is 18.5. The summed E-state index contributed by atoms with van der Waals surface area (Å²) in [6, 6.07) is 8.00. The van der Waals surface area contributed by atoms with Crippen LogP contribution in [0, 0.1) is 0 Å². The second-order valence-corrected chi connectivity index (χ2v) is 8.63. The highest BCUT2D eigenvalue weighted by Gasteiger charge is 2.14. The molecule has 0 fully saturated rings. The average Bonchev–Trinajstić information content (AvgIpc) is 3.31. The molecule has 0 unspecified atom stereocenters. The number of ether oxygens (including phenoxy) is 1. The van der Waals surface area contributed by atoms with Gasteiger partial charge in [0.2, 0.25) is 11.0 Å². The van der Waals surface area contributed by atoms with Crippen molar-refractivity contribution in [2.24, 2.45) is 7.05 Å². The molecule has 0 saturated heterocycles. The molecule has 0 atom stereocenters. The first-order chi connectivity index (χ1) is 14.0. The zero-order chi connectivity index (χ0) is 20.8. The molecular weight excluding hydrogens is 408 g/mol. The number of para-hydroxylation sites is 1. The summed E-state index contributed by atoms with van der Waals surface area (Å²) in [4.78, 5) is 12.1. The van der Waals surface area contributed by atoms with Gasteiger partial charge in [0.25, 0.3) is 0 Å². The number of carbonyl (C=O) groups is 1. The number of carbonyl (C=O) groups excluding carboxylic acids is 1. The highest BCUT2D eigenvalue weighted by atomic mass is 32.2. The van der Waals surface area contributed by atoms with E-state index in [0.29, 0.717) is 28.6 Å². The lowest BCUT2D eigenvalue weighted by molar-refractivity contribution is -0.113. The van der Waals surface area contributed by atoms with Crippen LogP contribution in [-0.2, 0) is 24.9 Å². The van der Waals surface area contributed by atoms with Crippen molar-refractivity contribution in [3.8, 4) is 5.75 Å². The fourth-order valence-corrected chi connectivity index (χ4v) is 3.99. The summed E-state index contributed by atoms with van der Waals surface area (Å²) >= 11 is 2.70. The van der Waals surface area contributed by atoms with E-state index in [0.717, 1.165) is 22.7 Å². The van der Waals surface area contributed by atoms with Gasteiger partial charge in [-0.2, -0.15) is 0 Å². The molecule has 0 spiro atoms. The van der Waals surface area contributed by atoms with Crippen molar-refractivity contribution in [3.05, 3.63) is 40.7 Å². The first kappa shape index (κ1) is 21.3. The average molecular weight is 433 g/mol. The fraction of sp³-hybridized carbons (Fsp3) is 0.421. The molecule has 0 saturated carbocycles. The maximum Gasteiger partial charge on any atom is 0.236 e. The van der Waals surface area contributed by atoms with E-state index < -0.39 is 0 Å². The number of rotatable bonds is 9. The molecule has 8 nitrogen and oxygen atoms in total. The van der Waals surface area contributed by atoms with Gasteiger partial charge in [0.05, 0.1) is 5.75 Å². The van der Waals surface area contributed by atoms with E-state index in [4.69, 9.17) is 4.74 Å². The van der Waals surface area contributed by atoms with Crippen molar-refractivity contribution in [3.63, 3.8) is 0 Å². The number of nitrogens with zero attached hydrogens (tertiary/aromatic N) is 5. The first-order valence-corrected chi connectivity index (χ1v) is 11.1. The predicted molar refractivity (Wildman–Crippen MR) is 115 cm³/mol. The summed E-state index contributed by atoms with van der Waals surface area (Å²) in [6.07, 6.45) is 0.799. The number of nitrogens with one attached hydrogen (secondary N) is 1. The third-order valence-corrected chi connectivity index (χ3v) is 6.17. The SMILES string of the molecule is CCc1nnc(NC(=O)CSc2nnc(COc3ccccc3C(C)C)n2C)s1. The number of aryl methyl sites for hydroxylation is 1. The quantitative estimate of drug-likeness (QED) is 0.516. The van der Waals surface area contributed by atoms with Crippen LogP contribution in [-0.4, -0.2) is 36.6 Å². The highest BCUT2D eigenvalue weighted by molar-refractivity contribution is 7.99. The molecule has 29 heavy (non-hydrogen) atoms.